The molecule has 3 aromatic rings. The average molecular weight is 424 g/mol. The van der Waals surface area contributed by atoms with Crippen LogP contribution in [0.4, 0.5) is 14.7 Å². The van der Waals surface area contributed by atoms with Gasteiger partial charge in [-0.05, 0) is 48.2 Å². The van der Waals surface area contributed by atoms with E-state index in [0.29, 0.717) is 12.1 Å². The Morgan fingerprint density at radius 1 is 1.13 bits per heavy atom. The van der Waals surface area contributed by atoms with Crippen LogP contribution in [0.1, 0.15) is 20.3 Å². The minimum absolute atomic E-state index is 0.0813. The highest BCUT2D eigenvalue weighted by Crippen LogP contribution is 2.26. The molecule has 0 amide bonds. The predicted molar refractivity (Wildman–Crippen MR) is 117 cm³/mol. The Bertz CT molecular complexity index is 1140. The lowest BCUT2D eigenvalue weighted by molar-refractivity contribution is 0.218. The fourth-order valence-electron chi connectivity index (χ4n) is 4.39. The molecule has 2 bridgehead atoms. The number of fused-ring (bicyclic) bond motifs is 2. The van der Waals surface area contributed by atoms with Crippen molar-refractivity contribution < 1.29 is 11.5 Å². The van der Waals surface area contributed by atoms with E-state index in [4.69, 9.17) is 2.74 Å². The van der Waals surface area contributed by atoms with Gasteiger partial charge in [0, 0.05) is 58.8 Å². The number of anilines is 1. The predicted octanol–water partition coefficient (Wildman–Crippen LogP) is 3.62. The molecule has 2 aromatic carbocycles. The van der Waals surface area contributed by atoms with Crippen LogP contribution in [0.25, 0.3) is 11.3 Å². The largest absolute Gasteiger partial charge is 0.354 e. The van der Waals surface area contributed by atoms with Crippen molar-refractivity contribution in [3.05, 3.63) is 77.5 Å². The molecule has 0 saturated carbocycles. The minimum atomic E-state index is -2.01. The Labute approximate surface area is 183 Å². The third-order valence-electron chi connectivity index (χ3n) is 5.84. The van der Waals surface area contributed by atoms with Gasteiger partial charge >= 0.3 is 0 Å². The first-order valence-corrected chi connectivity index (χ1v) is 10.5. The summed E-state index contributed by atoms with van der Waals surface area (Å²) in [5, 5.41) is 6.39. The number of piperazine rings is 1. The van der Waals surface area contributed by atoms with E-state index in [1.807, 2.05) is 18.2 Å². The van der Waals surface area contributed by atoms with Crippen molar-refractivity contribution in [3.63, 3.8) is 0 Å². The molecule has 0 radical (unpaired) electrons. The smallest absolute Gasteiger partial charge is 0.223 e. The number of hydrogen-bond donors (Lipinski definition) is 2. The average Bonchev–Trinajstić information content (AvgIpc) is 3.41. The molecule has 160 valence electrons. The molecule has 3 heterocycles. The van der Waals surface area contributed by atoms with Crippen LogP contribution in [0, 0.1) is 11.6 Å². The molecular formula is C24H25F2N5. The first kappa shape index (κ1) is 17.7. The van der Waals surface area contributed by atoms with Crippen LogP contribution in [-0.2, 0) is 12.9 Å². The number of nitrogens with one attached hydrogen (secondary N) is 2. The zero-order valence-corrected chi connectivity index (χ0v) is 17.0. The lowest BCUT2D eigenvalue weighted by Crippen LogP contribution is -2.42. The first-order chi connectivity index (χ1) is 15.9. The first-order valence-electron chi connectivity index (χ1n) is 11.5. The van der Waals surface area contributed by atoms with Gasteiger partial charge < -0.3 is 10.6 Å². The molecule has 0 aliphatic carbocycles. The molecule has 2 aliphatic rings. The molecule has 5 rings (SSSR count). The molecule has 1 aromatic heterocycles. The number of hydrogen-bond acceptors (Lipinski definition) is 5. The van der Waals surface area contributed by atoms with Gasteiger partial charge in [-0.25, -0.2) is 18.7 Å². The maximum Gasteiger partial charge on any atom is 0.223 e. The van der Waals surface area contributed by atoms with Crippen LogP contribution in [0.15, 0.2) is 54.7 Å². The number of halogens is 2. The van der Waals surface area contributed by atoms with Crippen LogP contribution in [-0.4, -0.2) is 46.6 Å². The van der Waals surface area contributed by atoms with Gasteiger partial charge in [0.1, 0.15) is 11.6 Å². The Morgan fingerprint density at radius 3 is 2.77 bits per heavy atom. The van der Waals surface area contributed by atoms with Crippen LogP contribution in [0.5, 0.6) is 0 Å². The summed E-state index contributed by atoms with van der Waals surface area (Å²) in [7, 11) is 0. The Morgan fingerprint density at radius 2 is 2.00 bits per heavy atom. The Balaban J connectivity index is 1.28. The highest BCUT2D eigenvalue weighted by Gasteiger charge is 2.37. The molecule has 7 heteroatoms. The molecule has 2 unspecified atom stereocenters. The van der Waals surface area contributed by atoms with E-state index in [1.165, 1.54) is 12.0 Å². The van der Waals surface area contributed by atoms with Crippen molar-refractivity contribution in [1.82, 2.24) is 20.2 Å². The van der Waals surface area contributed by atoms with Gasteiger partial charge in [-0.3, -0.25) is 4.90 Å². The number of nitrogens with zero attached hydrogens (tertiary/aromatic N) is 3. The summed E-state index contributed by atoms with van der Waals surface area (Å²) in [6.45, 7) is 2.80. The SMILES string of the molecule is [2H]C([2H])(CNc1nccc(-c2cccc(CN3CC4CC3CN4)c2)n1)c1cc(F)cc(F)c1. The van der Waals surface area contributed by atoms with Crippen LogP contribution < -0.4 is 10.6 Å². The van der Waals surface area contributed by atoms with Gasteiger partial charge in [0.15, 0.2) is 0 Å². The third kappa shape index (κ3) is 4.73. The molecular weight excluding hydrogens is 396 g/mol. The Kier molecular flexibility index (Phi) is 4.97. The van der Waals surface area contributed by atoms with E-state index in [1.54, 1.807) is 6.20 Å². The fraction of sp³-hybridized carbons (Fsp3) is 0.333. The lowest BCUT2D eigenvalue weighted by atomic mass is 10.1. The van der Waals surface area contributed by atoms with Crippen LogP contribution >= 0.6 is 0 Å². The van der Waals surface area contributed by atoms with Gasteiger partial charge in [0.25, 0.3) is 0 Å². The Hall–Kier alpha value is -2.90. The maximum absolute atomic E-state index is 13.5. The van der Waals surface area contributed by atoms with Crippen molar-refractivity contribution >= 4 is 5.95 Å². The van der Waals surface area contributed by atoms with Crippen molar-refractivity contribution in [2.24, 2.45) is 0 Å². The monoisotopic (exact) mass is 423 g/mol. The van der Waals surface area contributed by atoms with Crippen molar-refractivity contribution in [2.75, 3.05) is 25.0 Å². The zero-order chi connectivity index (χ0) is 23.0. The summed E-state index contributed by atoms with van der Waals surface area (Å²) in [5.74, 6) is -1.38. The third-order valence-corrected chi connectivity index (χ3v) is 5.84. The van der Waals surface area contributed by atoms with E-state index in [9.17, 15) is 8.78 Å². The quantitative estimate of drug-likeness (QED) is 0.608. The molecule has 2 atom stereocenters. The van der Waals surface area contributed by atoms with E-state index in [2.05, 4.69) is 37.6 Å². The van der Waals surface area contributed by atoms with Crippen LogP contribution in [0.3, 0.4) is 0 Å². The molecule has 2 fully saturated rings. The molecule has 0 spiro atoms. The standard InChI is InChI=1S/C24H25F2N5/c25-19-9-16(10-20(26)11-19)4-6-27-24-28-7-5-23(30-24)18-3-1-2-17(8-18)14-31-15-21-12-22(31)13-29-21/h1-3,5,7-11,21-22,29H,4,6,12-15H2,(H,27,28,30)/i4D2. The molecule has 2 N–H and O–H groups in total. The van der Waals surface area contributed by atoms with Gasteiger partial charge in [-0.1, -0.05) is 18.2 Å². The van der Waals surface area contributed by atoms with Gasteiger partial charge in [0.05, 0.1) is 5.69 Å². The summed E-state index contributed by atoms with van der Waals surface area (Å²) in [6.07, 6.45) is 0.822. The summed E-state index contributed by atoms with van der Waals surface area (Å²) >= 11 is 0. The molecule has 5 nitrogen and oxygen atoms in total. The molecule has 31 heavy (non-hydrogen) atoms. The van der Waals surface area contributed by atoms with Gasteiger partial charge in [-0.15, -0.1) is 0 Å². The second-order valence-corrected chi connectivity index (χ2v) is 8.08. The number of aromatic nitrogens is 2. The molecule has 2 saturated heterocycles. The number of rotatable bonds is 7. The summed E-state index contributed by atoms with van der Waals surface area (Å²) < 4.78 is 43.4. The minimum Gasteiger partial charge on any atom is -0.354 e. The second-order valence-electron chi connectivity index (χ2n) is 8.08. The number of likely N-dealkylation sites (tertiary alicyclic amines) is 1. The van der Waals surface area contributed by atoms with Gasteiger partial charge in [0.2, 0.25) is 5.95 Å². The lowest BCUT2D eigenvalue weighted by Gasteiger charge is -2.27. The topological polar surface area (TPSA) is 53.1 Å². The highest BCUT2D eigenvalue weighted by molar-refractivity contribution is 5.61. The van der Waals surface area contributed by atoms with Crippen molar-refractivity contribution in [2.45, 2.75) is 31.4 Å². The summed E-state index contributed by atoms with van der Waals surface area (Å²) in [5.41, 5.74) is 2.81. The van der Waals surface area contributed by atoms with Crippen LogP contribution in [0.2, 0.25) is 0 Å². The zero-order valence-electron chi connectivity index (χ0n) is 19.0. The second kappa shape index (κ2) is 8.69. The van der Waals surface area contributed by atoms with Gasteiger partial charge in [-0.2, -0.15) is 0 Å². The van der Waals surface area contributed by atoms with E-state index in [0.717, 1.165) is 49.1 Å². The summed E-state index contributed by atoms with van der Waals surface area (Å²) in [4.78, 5) is 11.2. The fourth-order valence-corrected chi connectivity index (χ4v) is 4.39. The van der Waals surface area contributed by atoms with E-state index >= 15 is 0 Å². The van der Waals surface area contributed by atoms with Crippen molar-refractivity contribution in [1.29, 1.82) is 0 Å². The highest BCUT2D eigenvalue weighted by atomic mass is 19.1. The van der Waals surface area contributed by atoms with Crippen molar-refractivity contribution in [3.8, 4) is 11.3 Å². The normalized spacial score (nSPS) is 21.7. The molecule has 2 aliphatic heterocycles. The van der Waals surface area contributed by atoms with E-state index < -0.39 is 18.0 Å². The number of benzene rings is 2. The van der Waals surface area contributed by atoms with E-state index in [-0.39, 0.29) is 18.1 Å². The summed E-state index contributed by atoms with van der Waals surface area (Å²) in [6, 6.07) is 14.0. The maximum atomic E-state index is 13.5.